The summed E-state index contributed by atoms with van der Waals surface area (Å²) in [5, 5.41) is 0.197. The first-order valence-electron chi connectivity index (χ1n) is 9.13. The number of rotatable bonds is 4. The van der Waals surface area contributed by atoms with Crippen molar-refractivity contribution in [2.75, 3.05) is 24.5 Å². The van der Waals surface area contributed by atoms with Crippen LogP contribution in [0.25, 0.3) is 10.9 Å². The molecule has 2 aromatic rings. The third-order valence-electron chi connectivity index (χ3n) is 5.76. The standard InChI is InChI=1S/C20H22FN3O3/c1-11(25)14-7-24(12-3-4-12)16-6-17(15(21)5-13(16)19(14)27)23-8-18(26)20(2,9-22)10-23/h5-7,12H,3-4,8-10,22H2,1-2H3. The van der Waals surface area contributed by atoms with E-state index in [2.05, 4.69) is 0 Å². The number of fused-ring (bicyclic) bond motifs is 1. The van der Waals surface area contributed by atoms with Crippen LogP contribution in [0.1, 0.15) is 43.1 Å². The Morgan fingerprint density at radius 2 is 2.04 bits per heavy atom. The lowest BCUT2D eigenvalue weighted by molar-refractivity contribution is -0.123. The molecule has 6 nitrogen and oxygen atoms in total. The molecule has 2 heterocycles. The summed E-state index contributed by atoms with van der Waals surface area (Å²) in [6.07, 6.45) is 3.50. The topological polar surface area (TPSA) is 85.4 Å². The van der Waals surface area contributed by atoms with Crippen molar-refractivity contribution in [1.29, 1.82) is 0 Å². The minimum Gasteiger partial charge on any atom is -0.361 e. The highest BCUT2D eigenvalue weighted by Crippen LogP contribution is 2.39. The van der Waals surface area contributed by atoms with Crippen molar-refractivity contribution in [1.82, 2.24) is 4.57 Å². The molecule has 4 rings (SSSR count). The van der Waals surface area contributed by atoms with Crippen molar-refractivity contribution in [3.63, 3.8) is 0 Å². The highest BCUT2D eigenvalue weighted by molar-refractivity contribution is 5.98. The number of nitrogens with two attached hydrogens (primary N) is 1. The van der Waals surface area contributed by atoms with Crippen LogP contribution in [0.5, 0.6) is 0 Å². The van der Waals surface area contributed by atoms with Gasteiger partial charge in [0.05, 0.1) is 28.7 Å². The van der Waals surface area contributed by atoms with Gasteiger partial charge in [-0.25, -0.2) is 4.39 Å². The lowest BCUT2D eigenvalue weighted by atomic mass is 9.89. The van der Waals surface area contributed by atoms with Gasteiger partial charge in [0.2, 0.25) is 0 Å². The minimum absolute atomic E-state index is 0.0176. The maximum absolute atomic E-state index is 14.9. The van der Waals surface area contributed by atoms with E-state index in [1.807, 2.05) is 4.57 Å². The van der Waals surface area contributed by atoms with Crippen LogP contribution in [0, 0.1) is 11.2 Å². The molecule has 1 saturated heterocycles. The average molecular weight is 371 g/mol. The van der Waals surface area contributed by atoms with Gasteiger partial charge in [0.15, 0.2) is 17.0 Å². The molecule has 1 aliphatic heterocycles. The molecule has 2 N–H and O–H groups in total. The molecule has 1 aromatic carbocycles. The predicted molar refractivity (Wildman–Crippen MR) is 101 cm³/mol. The molecule has 1 aliphatic carbocycles. The first kappa shape index (κ1) is 17.9. The van der Waals surface area contributed by atoms with Crippen molar-refractivity contribution in [2.45, 2.75) is 32.7 Å². The van der Waals surface area contributed by atoms with Gasteiger partial charge < -0.3 is 15.2 Å². The Kier molecular flexibility index (Phi) is 3.96. The second kappa shape index (κ2) is 5.99. The number of pyridine rings is 1. The second-order valence-corrected chi connectivity index (χ2v) is 7.93. The number of nitrogens with zero attached hydrogens (tertiary/aromatic N) is 2. The molecule has 1 aromatic heterocycles. The Balaban J connectivity index is 1.90. The quantitative estimate of drug-likeness (QED) is 0.832. The van der Waals surface area contributed by atoms with Crippen molar-refractivity contribution in [3.05, 3.63) is 39.9 Å². The number of halogens is 1. The fraction of sp³-hybridized carbons (Fsp3) is 0.450. The number of hydrogen-bond donors (Lipinski definition) is 1. The number of anilines is 1. The molecule has 0 amide bonds. The Morgan fingerprint density at radius 1 is 1.33 bits per heavy atom. The van der Waals surface area contributed by atoms with Crippen molar-refractivity contribution < 1.29 is 14.0 Å². The average Bonchev–Trinajstić information content (AvgIpc) is 3.41. The fourth-order valence-corrected chi connectivity index (χ4v) is 3.78. The molecular weight excluding hydrogens is 349 g/mol. The van der Waals surface area contributed by atoms with E-state index in [-0.39, 0.29) is 47.3 Å². The van der Waals surface area contributed by atoms with Crippen molar-refractivity contribution in [2.24, 2.45) is 11.1 Å². The molecule has 1 saturated carbocycles. The number of hydrogen-bond acceptors (Lipinski definition) is 5. The van der Waals surface area contributed by atoms with E-state index in [4.69, 9.17) is 5.73 Å². The van der Waals surface area contributed by atoms with Crippen LogP contribution < -0.4 is 16.1 Å². The van der Waals surface area contributed by atoms with Crippen LogP contribution in [-0.4, -0.2) is 35.8 Å². The molecule has 2 aliphatic rings. The van der Waals surface area contributed by atoms with Gasteiger partial charge in [-0.05, 0) is 38.8 Å². The first-order chi connectivity index (χ1) is 12.7. The Bertz CT molecular complexity index is 1040. The number of aromatic nitrogens is 1. The molecule has 142 valence electrons. The van der Waals surface area contributed by atoms with Crippen LogP contribution in [0.15, 0.2) is 23.1 Å². The predicted octanol–water partition coefficient (Wildman–Crippen LogP) is 2.03. The molecule has 0 spiro atoms. The SMILES string of the molecule is CC(=O)c1cn(C2CC2)c2cc(N3CC(=O)C(C)(CN)C3)c(F)cc2c1=O. The van der Waals surface area contributed by atoms with Gasteiger partial charge in [-0.1, -0.05) is 0 Å². The van der Waals surface area contributed by atoms with Crippen LogP contribution in [-0.2, 0) is 4.79 Å². The van der Waals surface area contributed by atoms with E-state index in [0.29, 0.717) is 12.1 Å². The van der Waals surface area contributed by atoms with E-state index >= 15 is 0 Å². The summed E-state index contributed by atoms with van der Waals surface area (Å²) in [6.45, 7) is 3.76. The summed E-state index contributed by atoms with van der Waals surface area (Å²) in [7, 11) is 0. The molecule has 1 atom stereocenters. The summed E-state index contributed by atoms with van der Waals surface area (Å²) in [5.41, 5.74) is 5.55. The Labute approximate surface area is 155 Å². The number of Topliss-reactive ketones (excluding diaryl/α,β-unsaturated/α-hetero) is 2. The third-order valence-corrected chi connectivity index (χ3v) is 5.76. The minimum atomic E-state index is -0.698. The van der Waals surface area contributed by atoms with E-state index < -0.39 is 16.7 Å². The van der Waals surface area contributed by atoms with Gasteiger partial charge in [-0.3, -0.25) is 14.4 Å². The van der Waals surface area contributed by atoms with E-state index in [1.54, 1.807) is 24.1 Å². The van der Waals surface area contributed by atoms with Gasteiger partial charge in [0.25, 0.3) is 0 Å². The number of benzene rings is 1. The van der Waals surface area contributed by atoms with E-state index in [1.165, 1.54) is 13.0 Å². The first-order valence-corrected chi connectivity index (χ1v) is 9.13. The van der Waals surface area contributed by atoms with Crippen molar-refractivity contribution in [3.8, 4) is 0 Å². The Hall–Kier alpha value is -2.54. The van der Waals surface area contributed by atoms with Gasteiger partial charge in [-0.15, -0.1) is 0 Å². The zero-order valence-corrected chi connectivity index (χ0v) is 15.4. The summed E-state index contributed by atoms with van der Waals surface area (Å²) >= 11 is 0. The van der Waals surface area contributed by atoms with Crippen LogP contribution in [0.4, 0.5) is 10.1 Å². The van der Waals surface area contributed by atoms with Crippen LogP contribution in [0.2, 0.25) is 0 Å². The highest BCUT2D eigenvalue weighted by atomic mass is 19.1. The second-order valence-electron chi connectivity index (χ2n) is 7.93. The molecule has 7 heteroatoms. The third kappa shape index (κ3) is 2.77. The maximum atomic E-state index is 14.9. The lowest BCUT2D eigenvalue weighted by Crippen LogP contribution is -2.35. The molecule has 2 fully saturated rings. The molecule has 1 unspecified atom stereocenters. The van der Waals surface area contributed by atoms with Crippen LogP contribution >= 0.6 is 0 Å². The molecular formula is C20H22FN3O3. The fourth-order valence-electron chi connectivity index (χ4n) is 3.78. The zero-order valence-electron chi connectivity index (χ0n) is 15.4. The normalized spacial score (nSPS) is 22.7. The highest BCUT2D eigenvalue weighted by Gasteiger charge is 2.41. The summed E-state index contributed by atoms with van der Waals surface area (Å²) in [4.78, 5) is 38.5. The van der Waals surface area contributed by atoms with Gasteiger partial charge in [-0.2, -0.15) is 0 Å². The summed E-state index contributed by atoms with van der Waals surface area (Å²) in [5.74, 6) is -0.919. The number of carbonyl (C=O) groups is 2. The van der Waals surface area contributed by atoms with Crippen molar-refractivity contribution >= 4 is 28.2 Å². The zero-order chi connectivity index (χ0) is 19.5. The number of carbonyl (C=O) groups excluding carboxylic acids is 2. The van der Waals surface area contributed by atoms with E-state index in [9.17, 15) is 18.8 Å². The number of ketones is 2. The lowest BCUT2D eigenvalue weighted by Gasteiger charge is -2.23. The Morgan fingerprint density at radius 3 is 2.59 bits per heavy atom. The molecule has 0 radical (unpaired) electrons. The van der Waals surface area contributed by atoms with Gasteiger partial charge in [0, 0.05) is 30.7 Å². The maximum Gasteiger partial charge on any atom is 0.200 e. The monoisotopic (exact) mass is 371 g/mol. The summed E-state index contributed by atoms with van der Waals surface area (Å²) in [6, 6.07) is 3.03. The summed E-state index contributed by atoms with van der Waals surface area (Å²) < 4.78 is 16.8. The van der Waals surface area contributed by atoms with E-state index in [0.717, 1.165) is 12.8 Å². The van der Waals surface area contributed by atoms with Crippen LogP contribution in [0.3, 0.4) is 0 Å². The van der Waals surface area contributed by atoms with Gasteiger partial charge in [0.1, 0.15) is 5.82 Å². The molecule has 27 heavy (non-hydrogen) atoms. The largest absolute Gasteiger partial charge is 0.361 e. The van der Waals surface area contributed by atoms with Gasteiger partial charge >= 0.3 is 0 Å². The smallest absolute Gasteiger partial charge is 0.200 e. The molecule has 0 bridgehead atoms.